The highest BCUT2D eigenvalue weighted by atomic mass is 16.3. The van der Waals surface area contributed by atoms with Gasteiger partial charge in [-0.15, -0.1) is 0 Å². The van der Waals surface area contributed by atoms with E-state index in [-0.39, 0.29) is 39.8 Å². The fourth-order valence-corrected chi connectivity index (χ4v) is 16.7. The first-order chi connectivity index (χ1) is 34.9. The standard InChI is InChI=1S/C69H73BN2O/c1-13-15-21-42-27-30-44(31-28-42)72-53-39-50-49(64(4,5)35-36-65(50,6)7)38-47(53)58-57-46-24-18-20-26-55(46)73-56(57)40-54-61(58)70(72)63-60-45-23-17-19-25-48(45)66(8,9)68(60,11)59-41(3)33-34-67(10)51-37-43(22-16-14-2)29-32-52(51)71(54)69(63,12)62(59)67/h17-20,23-34,37-41H,13-16,21-22,35-36H2,1-12H3. The van der Waals surface area contributed by atoms with Gasteiger partial charge >= 0.3 is 6.85 Å². The van der Waals surface area contributed by atoms with Gasteiger partial charge < -0.3 is 14.1 Å². The molecule has 4 unspecified atom stereocenters. The number of fused-ring (bicyclic) bond motifs is 16. The van der Waals surface area contributed by atoms with E-state index in [4.69, 9.17) is 4.42 Å². The van der Waals surface area contributed by atoms with Crippen molar-refractivity contribution < 1.29 is 4.42 Å². The number of unbranched alkanes of at least 4 members (excludes halogenated alkanes) is 2. The predicted molar refractivity (Wildman–Crippen MR) is 310 cm³/mol. The molecule has 3 nitrogen and oxygen atoms in total. The van der Waals surface area contributed by atoms with E-state index in [0.717, 1.165) is 36.8 Å². The molecule has 0 amide bonds. The molecule has 7 aromatic rings. The first-order valence-corrected chi connectivity index (χ1v) is 28.2. The van der Waals surface area contributed by atoms with Crippen molar-refractivity contribution in [3.8, 4) is 11.1 Å². The molecule has 1 aromatic heterocycles. The summed E-state index contributed by atoms with van der Waals surface area (Å²) in [6.07, 6.45) is 14.5. The second-order valence-electron chi connectivity index (χ2n) is 26.0. The molecule has 14 rings (SSSR count). The fraction of sp³-hybridized carbons (Fsp3) is 0.391. The number of rotatable bonds is 7. The maximum absolute atomic E-state index is 7.23. The summed E-state index contributed by atoms with van der Waals surface area (Å²) in [5.74, 6) is 0.243. The second-order valence-corrected chi connectivity index (χ2v) is 26.0. The van der Waals surface area contributed by atoms with E-state index in [1.807, 2.05) is 0 Å². The number of hydrogen-bond acceptors (Lipinski definition) is 3. The molecule has 4 heterocycles. The zero-order chi connectivity index (χ0) is 50.5. The van der Waals surface area contributed by atoms with Crippen molar-refractivity contribution in [3.05, 3.63) is 177 Å². The number of benzene rings is 6. The monoisotopic (exact) mass is 957 g/mol. The van der Waals surface area contributed by atoms with E-state index in [1.165, 1.54) is 120 Å². The van der Waals surface area contributed by atoms with E-state index in [1.54, 1.807) is 16.6 Å². The summed E-state index contributed by atoms with van der Waals surface area (Å²) in [6, 6.07) is 43.8. The Balaban J connectivity index is 1.23. The summed E-state index contributed by atoms with van der Waals surface area (Å²) in [5.41, 5.74) is 26.2. The SMILES string of the molecule is CCCCc1ccc(N2B3C4=C5c6ccccc6C(C)(C)C5(C)C5=C6C(C)(C=CC5C)c5cc(CCCC)ccc5N(c5cc7oc8ccccc8c7c(c53)-c3cc5c(cc32)C(C)(C)CCC5(C)C)C46C)cc1. The third-order valence-corrected chi connectivity index (χ3v) is 20.8. The van der Waals surface area contributed by atoms with Crippen molar-refractivity contribution in [3.63, 3.8) is 0 Å². The molecular formula is C69H73BN2O. The lowest BCUT2D eigenvalue weighted by Gasteiger charge is -2.67. The number of aryl methyl sites for hydroxylation is 2. The first kappa shape index (κ1) is 45.6. The number of allylic oxidation sites excluding steroid dienone is 4. The van der Waals surface area contributed by atoms with E-state index in [2.05, 4.69) is 214 Å². The van der Waals surface area contributed by atoms with Crippen LogP contribution in [0.2, 0.25) is 0 Å². The summed E-state index contributed by atoms with van der Waals surface area (Å²) in [6.45, 7) is 30.1. The average Bonchev–Trinajstić information content (AvgIpc) is 3.83. The molecule has 3 aliphatic heterocycles. The summed E-state index contributed by atoms with van der Waals surface area (Å²) in [5, 5.41) is 2.44. The molecule has 0 fully saturated rings. The summed E-state index contributed by atoms with van der Waals surface area (Å²) in [4.78, 5) is 5.76. The Labute approximate surface area is 435 Å². The van der Waals surface area contributed by atoms with Crippen LogP contribution in [0.15, 0.2) is 142 Å². The number of nitrogens with zero attached hydrogens (tertiary/aromatic N) is 2. The molecule has 0 saturated heterocycles. The highest BCUT2D eigenvalue weighted by Gasteiger charge is 2.70. The van der Waals surface area contributed by atoms with Gasteiger partial charge in [-0.05, 0) is 178 Å². The Morgan fingerprint density at radius 2 is 1.30 bits per heavy atom. The molecule has 4 heteroatoms. The van der Waals surface area contributed by atoms with Crippen LogP contribution in [0.5, 0.6) is 0 Å². The van der Waals surface area contributed by atoms with Crippen LogP contribution in [-0.2, 0) is 34.5 Å². The first-order valence-electron chi connectivity index (χ1n) is 28.2. The topological polar surface area (TPSA) is 19.6 Å². The van der Waals surface area contributed by atoms with E-state index in [9.17, 15) is 0 Å². The largest absolute Gasteiger partial charge is 0.456 e. The van der Waals surface area contributed by atoms with Gasteiger partial charge in [-0.3, -0.25) is 0 Å². The van der Waals surface area contributed by atoms with E-state index in [0.29, 0.717) is 0 Å². The van der Waals surface area contributed by atoms with Gasteiger partial charge in [-0.2, -0.15) is 0 Å². The van der Waals surface area contributed by atoms with Crippen LogP contribution in [0.1, 0.15) is 161 Å². The molecule has 0 spiro atoms. The predicted octanol–water partition coefficient (Wildman–Crippen LogP) is 17.6. The number of para-hydroxylation sites is 1. The summed E-state index contributed by atoms with van der Waals surface area (Å²) < 4.78 is 7.23. The van der Waals surface area contributed by atoms with Gasteiger partial charge in [-0.1, -0.05) is 161 Å². The lowest BCUT2D eigenvalue weighted by atomic mass is 9.32. The van der Waals surface area contributed by atoms with Gasteiger partial charge in [0.25, 0.3) is 0 Å². The molecule has 0 bridgehead atoms. The summed E-state index contributed by atoms with van der Waals surface area (Å²) in [7, 11) is 0. The van der Waals surface area contributed by atoms with Crippen molar-refractivity contribution in [1.29, 1.82) is 0 Å². The summed E-state index contributed by atoms with van der Waals surface area (Å²) >= 11 is 0. The molecule has 73 heavy (non-hydrogen) atoms. The highest BCUT2D eigenvalue weighted by Crippen LogP contribution is 2.75. The van der Waals surface area contributed by atoms with Crippen molar-refractivity contribution in [2.75, 3.05) is 9.71 Å². The molecule has 0 saturated carbocycles. The molecule has 4 aliphatic carbocycles. The number of furan rings is 1. The lowest BCUT2D eigenvalue weighted by Crippen LogP contribution is -2.71. The zero-order valence-corrected chi connectivity index (χ0v) is 45.7. The zero-order valence-electron chi connectivity index (χ0n) is 45.7. The van der Waals surface area contributed by atoms with Crippen LogP contribution in [0.4, 0.5) is 22.7 Å². The van der Waals surface area contributed by atoms with Crippen molar-refractivity contribution in [2.24, 2.45) is 11.3 Å². The molecule has 4 atom stereocenters. The molecule has 0 N–H and O–H groups in total. The molecule has 7 aliphatic rings. The Hall–Kier alpha value is -6.00. The quantitative estimate of drug-likeness (QED) is 0.117. The van der Waals surface area contributed by atoms with Crippen molar-refractivity contribution in [2.45, 2.75) is 162 Å². The van der Waals surface area contributed by atoms with Crippen LogP contribution in [0.3, 0.4) is 0 Å². The van der Waals surface area contributed by atoms with Crippen LogP contribution in [0.25, 0.3) is 38.6 Å². The average molecular weight is 957 g/mol. The van der Waals surface area contributed by atoms with Gasteiger partial charge in [-0.25, -0.2) is 0 Å². The van der Waals surface area contributed by atoms with Gasteiger partial charge in [0.05, 0.1) is 5.54 Å². The van der Waals surface area contributed by atoms with Crippen LogP contribution in [-0.4, -0.2) is 12.4 Å². The highest BCUT2D eigenvalue weighted by molar-refractivity contribution is 6.89. The normalized spacial score (nSPS) is 25.9. The van der Waals surface area contributed by atoms with E-state index < -0.39 is 5.54 Å². The minimum Gasteiger partial charge on any atom is -0.456 e. The van der Waals surface area contributed by atoms with Gasteiger partial charge in [0, 0.05) is 61.4 Å². The number of anilines is 4. The van der Waals surface area contributed by atoms with Crippen molar-refractivity contribution in [1.82, 2.24) is 0 Å². The maximum Gasteiger partial charge on any atom is 0.329 e. The third kappa shape index (κ3) is 5.54. The minimum atomic E-state index is -0.565. The molecule has 368 valence electrons. The molecule has 0 radical (unpaired) electrons. The van der Waals surface area contributed by atoms with Crippen LogP contribution in [0, 0.1) is 11.3 Å². The Morgan fingerprint density at radius 1 is 0.630 bits per heavy atom. The van der Waals surface area contributed by atoms with Crippen LogP contribution >= 0.6 is 0 Å². The fourth-order valence-electron chi connectivity index (χ4n) is 16.7. The second kappa shape index (κ2) is 14.9. The van der Waals surface area contributed by atoms with Gasteiger partial charge in [0.2, 0.25) is 0 Å². The minimum absolute atomic E-state index is 0.0135. The lowest BCUT2D eigenvalue weighted by molar-refractivity contribution is 0.280. The van der Waals surface area contributed by atoms with Gasteiger partial charge in [0.15, 0.2) is 0 Å². The molecular weight excluding hydrogens is 884 g/mol. The maximum atomic E-state index is 7.23. The van der Waals surface area contributed by atoms with Gasteiger partial charge in [0.1, 0.15) is 11.2 Å². The Morgan fingerprint density at radius 3 is 2.04 bits per heavy atom. The Bertz CT molecular complexity index is 3670. The van der Waals surface area contributed by atoms with Crippen LogP contribution < -0.4 is 15.2 Å². The third-order valence-electron chi connectivity index (χ3n) is 20.8. The molecule has 6 aromatic carbocycles. The Kier molecular flexibility index (Phi) is 9.28. The number of hydrogen-bond donors (Lipinski definition) is 0. The smallest absolute Gasteiger partial charge is 0.329 e. The van der Waals surface area contributed by atoms with E-state index >= 15 is 0 Å². The van der Waals surface area contributed by atoms with Crippen molar-refractivity contribution >= 4 is 62.6 Å².